The van der Waals surface area contributed by atoms with Crippen LogP contribution in [0.25, 0.3) is 32.7 Å². The summed E-state index contributed by atoms with van der Waals surface area (Å²) in [5, 5.41) is 7.74. The molecule has 0 bridgehead atoms. The van der Waals surface area contributed by atoms with Gasteiger partial charge >= 0.3 is 0 Å². The molecular weight excluding hydrogens is 390 g/mol. The number of hydrogen-bond acceptors (Lipinski definition) is 4. The Morgan fingerprint density at radius 3 is 2.58 bits per heavy atom. The van der Waals surface area contributed by atoms with E-state index in [0.29, 0.717) is 33.4 Å². The highest BCUT2D eigenvalue weighted by atomic mass is 79.9. The number of ketones is 1. The van der Waals surface area contributed by atoms with Crippen LogP contribution >= 0.6 is 27.3 Å². The quantitative estimate of drug-likeness (QED) is 0.449. The molecule has 24 heavy (non-hydrogen) atoms. The summed E-state index contributed by atoms with van der Waals surface area (Å²) in [7, 11) is 0. The van der Waals surface area contributed by atoms with Gasteiger partial charge in [0.15, 0.2) is 11.4 Å². The molecule has 0 spiro atoms. The third-order valence-corrected chi connectivity index (χ3v) is 5.90. The number of aromatic amines is 2. The van der Waals surface area contributed by atoms with E-state index < -0.39 is 0 Å². The number of nitrogens with one attached hydrogen (secondary N) is 2. The maximum absolute atomic E-state index is 13.0. The van der Waals surface area contributed by atoms with Crippen molar-refractivity contribution in [1.82, 2.24) is 15.2 Å². The number of benzene rings is 1. The van der Waals surface area contributed by atoms with E-state index in [1.54, 1.807) is 6.07 Å². The highest BCUT2D eigenvalue weighted by molar-refractivity contribution is 9.10. The predicted octanol–water partition coefficient (Wildman–Crippen LogP) is 3.95. The van der Waals surface area contributed by atoms with Crippen LogP contribution < -0.4 is 5.56 Å². The lowest BCUT2D eigenvalue weighted by atomic mass is 10.0. The number of pyridine rings is 1. The van der Waals surface area contributed by atoms with E-state index >= 15 is 0 Å². The Morgan fingerprint density at radius 2 is 1.83 bits per heavy atom. The topological polar surface area (TPSA) is 78.6 Å². The predicted molar refractivity (Wildman–Crippen MR) is 96.6 cm³/mol. The molecule has 4 aromatic rings. The fraction of sp³-hybridized carbons (Fsp3) is 0. The van der Waals surface area contributed by atoms with E-state index in [0.717, 1.165) is 14.9 Å². The minimum absolute atomic E-state index is 0.0878. The fourth-order valence-electron chi connectivity index (χ4n) is 3.20. The third kappa shape index (κ3) is 1.71. The molecule has 0 saturated carbocycles. The molecule has 3 aromatic heterocycles. The summed E-state index contributed by atoms with van der Waals surface area (Å²) < 4.78 is 0.913. The van der Waals surface area contributed by atoms with Crippen molar-refractivity contribution < 1.29 is 4.79 Å². The zero-order chi connectivity index (χ0) is 16.4. The standard InChI is InChI=1S/C17H8BrN3O2S/c18-7-5-10(24-6-7)11-12-14(19-16-13(11)17(23)21-20-16)8-3-1-2-4-9(8)15(12)22/h1-6H,(H2,19,20,21,23). The molecule has 1 aliphatic rings. The van der Waals surface area contributed by atoms with Crippen molar-refractivity contribution >= 4 is 44.1 Å². The summed E-state index contributed by atoms with van der Waals surface area (Å²) in [6, 6.07) is 9.32. The second kappa shape index (κ2) is 4.75. The van der Waals surface area contributed by atoms with Gasteiger partial charge in [-0.1, -0.05) is 24.3 Å². The van der Waals surface area contributed by atoms with Gasteiger partial charge in [0.25, 0.3) is 5.56 Å². The molecule has 1 aliphatic carbocycles. The van der Waals surface area contributed by atoms with Gasteiger partial charge in [0.2, 0.25) is 0 Å². The van der Waals surface area contributed by atoms with Crippen LogP contribution in [0.1, 0.15) is 15.9 Å². The van der Waals surface area contributed by atoms with Gasteiger partial charge in [0.1, 0.15) is 0 Å². The lowest BCUT2D eigenvalue weighted by Crippen LogP contribution is -2.04. The molecule has 0 aliphatic heterocycles. The summed E-state index contributed by atoms with van der Waals surface area (Å²) in [6.07, 6.45) is 0. The molecule has 3 heterocycles. The van der Waals surface area contributed by atoms with Crippen molar-refractivity contribution in [2.75, 3.05) is 0 Å². The van der Waals surface area contributed by atoms with Crippen LogP contribution in [0, 0.1) is 0 Å². The molecule has 7 heteroatoms. The minimum atomic E-state index is -0.274. The second-order valence-corrected chi connectivity index (χ2v) is 7.34. The van der Waals surface area contributed by atoms with Crippen molar-refractivity contribution in [3.8, 4) is 21.7 Å². The van der Waals surface area contributed by atoms with Crippen molar-refractivity contribution in [3.05, 3.63) is 61.7 Å². The number of aromatic nitrogens is 3. The minimum Gasteiger partial charge on any atom is -0.288 e. The molecule has 0 radical (unpaired) electrons. The first-order valence-corrected chi connectivity index (χ1v) is 8.85. The lowest BCUT2D eigenvalue weighted by Gasteiger charge is -2.06. The molecule has 116 valence electrons. The Balaban J connectivity index is 2.00. The molecule has 5 nitrogen and oxygen atoms in total. The maximum Gasteiger partial charge on any atom is 0.274 e. The molecule has 1 aromatic carbocycles. The third-order valence-electron chi connectivity index (χ3n) is 4.19. The Kier molecular flexibility index (Phi) is 2.75. The highest BCUT2D eigenvalue weighted by Crippen LogP contribution is 2.44. The van der Waals surface area contributed by atoms with E-state index in [1.807, 2.05) is 29.6 Å². The van der Waals surface area contributed by atoms with Crippen molar-refractivity contribution in [2.24, 2.45) is 0 Å². The van der Waals surface area contributed by atoms with Crippen LogP contribution in [0.3, 0.4) is 0 Å². The first-order valence-electron chi connectivity index (χ1n) is 7.18. The highest BCUT2D eigenvalue weighted by Gasteiger charge is 2.33. The number of halogens is 1. The smallest absolute Gasteiger partial charge is 0.274 e. The van der Waals surface area contributed by atoms with Gasteiger partial charge < -0.3 is 0 Å². The molecule has 0 amide bonds. The van der Waals surface area contributed by atoms with E-state index in [9.17, 15) is 9.59 Å². The number of carbonyl (C=O) groups is 1. The fourth-order valence-corrected chi connectivity index (χ4v) is 4.69. The molecule has 0 saturated heterocycles. The van der Waals surface area contributed by atoms with Gasteiger partial charge in [-0.25, -0.2) is 4.98 Å². The largest absolute Gasteiger partial charge is 0.288 e. The van der Waals surface area contributed by atoms with Gasteiger partial charge in [-0.05, 0) is 22.0 Å². The molecular formula is C17H8BrN3O2S. The summed E-state index contributed by atoms with van der Waals surface area (Å²) >= 11 is 4.93. The molecule has 2 N–H and O–H groups in total. The van der Waals surface area contributed by atoms with Crippen LogP contribution in [0.4, 0.5) is 0 Å². The van der Waals surface area contributed by atoms with E-state index in [-0.39, 0.29) is 11.3 Å². The number of fused-ring (bicyclic) bond motifs is 4. The first-order chi connectivity index (χ1) is 11.6. The first kappa shape index (κ1) is 13.9. The number of H-pyrrole nitrogens is 2. The normalized spacial score (nSPS) is 12.6. The van der Waals surface area contributed by atoms with E-state index in [4.69, 9.17) is 0 Å². The van der Waals surface area contributed by atoms with Crippen molar-refractivity contribution in [1.29, 1.82) is 0 Å². The zero-order valence-corrected chi connectivity index (χ0v) is 14.4. The Bertz CT molecular complexity index is 1220. The van der Waals surface area contributed by atoms with Gasteiger partial charge in [-0.15, -0.1) is 11.3 Å². The van der Waals surface area contributed by atoms with Crippen molar-refractivity contribution in [2.45, 2.75) is 0 Å². The number of nitrogens with zero attached hydrogens (tertiary/aromatic N) is 1. The number of thiophene rings is 1. The van der Waals surface area contributed by atoms with E-state index in [1.165, 1.54) is 11.3 Å². The van der Waals surface area contributed by atoms with Gasteiger partial charge in [0.05, 0.1) is 16.6 Å². The number of hydrogen-bond donors (Lipinski definition) is 2. The van der Waals surface area contributed by atoms with Crippen molar-refractivity contribution in [3.63, 3.8) is 0 Å². The average Bonchev–Trinajstić information content (AvgIpc) is 3.25. The van der Waals surface area contributed by atoms with Crippen LogP contribution in [-0.2, 0) is 0 Å². The van der Waals surface area contributed by atoms with Gasteiger partial charge in [-0.2, -0.15) is 0 Å². The maximum atomic E-state index is 13.0. The molecule has 5 rings (SSSR count). The van der Waals surface area contributed by atoms with Crippen LogP contribution in [-0.4, -0.2) is 21.0 Å². The second-order valence-electron chi connectivity index (χ2n) is 5.52. The summed E-state index contributed by atoms with van der Waals surface area (Å²) in [5.74, 6) is -0.0878. The Labute approximate surface area is 147 Å². The van der Waals surface area contributed by atoms with Crippen LogP contribution in [0.15, 0.2) is 45.0 Å². The summed E-state index contributed by atoms with van der Waals surface area (Å²) in [4.78, 5) is 30.7. The lowest BCUT2D eigenvalue weighted by molar-refractivity contribution is 0.104. The Hall–Kier alpha value is -2.51. The number of rotatable bonds is 1. The Morgan fingerprint density at radius 1 is 1.04 bits per heavy atom. The summed E-state index contributed by atoms with van der Waals surface area (Å²) in [5.41, 5.74) is 3.39. The zero-order valence-electron chi connectivity index (χ0n) is 12.0. The van der Waals surface area contributed by atoms with Crippen LogP contribution in [0.5, 0.6) is 0 Å². The van der Waals surface area contributed by atoms with Gasteiger partial charge in [-0.3, -0.25) is 19.8 Å². The molecule has 0 fully saturated rings. The van der Waals surface area contributed by atoms with Gasteiger partial charge in [0, 0.05) is 31.4 Å². The molecule has 0 unspecified atom stereocenters. The monoisotopic (exact) mass is 397 g/mol. The average molecular weight is 398 g/mol. The van der Waals surface area contributed by atoms with Crippen LogP contribution in [0.2, 0.25) is 0 Å². The summed E-state index contributed by atoms with van der Waals surface area (Å²) in [6.45, 7) is 0. The SMILES string of the molecule is O=C1c2ccccc2-c2nc3[nH][nH]c(=O)c3c(-c3cc(Br)cs3)c21. The van der Waals surface area contributed by atoms with E-state index in [2.05, 4.69) is 31.1 Å². The molecule has 0 atom stereocenters. The number of carbonyl (C=O) groups excluding carboxylic acids is 1.